The number of nitriles is 1. The summed E-state index contributed by atoms with van der Waals surface area (Å²) in [5.74, 6) is 2.25. The van der Waals surface area contributed by atoms with Crippen LogP contribution in [0.25, 0.3) is 0 Å². The van der Waals surface area contributed by atoms with Crippen LogP contribution < -0.4 is 10.6 Å². The molecule has 1 aromatic heterocycles. The summed E-state index contributed by atoms with van der Waals surface area (Å²) in [4.78, 5) is 8.49. The molecule has 2 atom stereocenters. The van der Waals surface area contributed by atoms with Gasteiger partial charge in [-0.2, -0.15) is 5.26 Å². The van der Waals surface area contributed by atoms with Crippen LogP contribution >= 0.6 is 0 Å². The molecule has 0 spiro atoms. The predicted octanol–water partition coefficient (Wildman–Crippen LogP) is 2.33. The molecule has 0 saturated heterocycles. The quantitative estimate of drug-likeness (QED) is 0.661. The van der Waals surface area contributed by atoms with E-state index in [2.05, 4.69) is 47.5 Å². The molecule has 1 fully saturated rings. The number of aliphatic imine (C=N–C) groups is 1. The van der Waals surface area contributed by atoms with E-state index < -0.39 is 0 Å². The lowest BCUT2D eigenvalue weighted by Crippen LogP contribution is -2.44. The van der Waals surface area contributed by atoms with Crippen molar-refractivity contribution >= 4 is 5.96 Å². The lowest BCUT2D eigenvalue weighted by Gasteiger charge is -2.18. The lowest BCUT2D eigenvalue weighted by atomic mass is 9.94. The van der Waals surface area contributed by atoms with Crippen LogP contribution in [0.4, 0.5) is 0 Å². The lowest BCUT2D eigenvalue weighted by molar-refractivity contribution is 0.379. The molecule has 1 aliphatic rings. The zero-order valence-electron chi connectivity index (χ0n) is 13.8. The zero-order chi connectivity index (χ0) is 16.2. The van der Waals surface area contributed by atoms with Crippen molar-refractivity contribution < 1.29 is 4.42 Å². The number of hydrogen-bond donors (Lipinski definition) is 2. The third kappa shape index (κ3) is 4.00. The second-order valence-corrected chi connectivity index (χ2v) is 6.71. The average Bonchev–Trinajstić information content (AvgIpc) is 3.11. The molecule has 1 aliphatic carbocycles. The Morgan fingerprint density at radius 1 is 1.50 bits per heavy atom. The third-order valence-corrected chi connectivity index (χ3v) is 3.93. The summed E-state index contributed by atoms with van der Waals surface area (Å²) in [6.07, 6.45) is 4.82. The molecule has 0 aromatic carbocycles. The van der Waals surface area contributed by atoms with Gasteiger partial charge in [0.1, 0.15) is 5.76 Å². The van der Waals surface area contributed by atoms with E-state index in [1.165, 1.54) is 0 Å². The van der Waals surface area contributed by atoms with E-state index in [0.29, 0.717) is 18.4 Å². The van der Waals surface area contributed by atoms with E-state index in [9.17, 15) is 0 Å². The van der Waals surface area contributed by atoms with Gasteiger partial charge in [0.2, 0.25) is 5.89 Å². The fourth-order valence-corrected chi connectivity index (χ4v) is 2.56. The van der Waals surface area contributed by atoms with Crippen LogP contribution in [0.15, 0.2) is 15.6 Å². The maximum Gasteiger partial charge on any atom is 0.213 e. The molecule has 6 heteroatoms. The molecule has 1 saturated carbocycles. The number of nitrogens with one attached hydrogen (secondary N) is 2. The molecule has 2 unspecified atom stereocenters. The zero-order valence-corrected chi connectivity index (χ0v) is 13.8. The van der Waals surface area contributed by atoms with Crippen molar-refractivity contribution in [1.29, 1.82) is 5.26 Å². The van der Waals surface area contributed by atoms with Crippen molar-refractivity contribution in [2.75, 3.05) is 7.05 Å². The van der Waals surface area contributed by atoms with Crippen LogP contribution in [-0.4, -0.2) is 24.0 Å². The van der Waals surface area contributed by atoms with Crippen molar-refractivity contribution in [1.82, 2.24) is 15.6 Å². The molecule has 0 amide bonds. The van der Waals surface area contributed by atoms with Gasteiger partial charge >= 0.3 is 0 Å². The van der Waals surface area contributed by atoms with Crippen molar-refractivity contribution in [3.05, 3.63) is 17.8 Å². The molecular weight excluding hydrogens is 278 g/mol. The van der Waals surface area contributed by atoms with Crippen LogP contribution in [0.3, 0.4) is 0 Å². The predicted molar refractivity (Wildman–Crippen MR) is 85.3 cm³/mol. The molecule has 1 heterocycles. The minimum atomic E-state index is -0.0466. The highest BCUT2D eigenvalue weighted by Gasteiger charge is 2.27. The van der Waals surface area contributed by atoms with Gasteiger partial charge in [0.15, 0.2) is 5.96 Å². The number of oxazole rings is 1. The standard InChI is InChI=1S/C16H25N5O/c1-16(2,3)13-9-19-14(22-13)10-20-15(18-4)21-12-7-5-6-11(12)8-17/h9,11-12H,5-7,10H2,1-4H3,(H2,18,20,21). The van der Waals surface area contributed by atoms with Gasteiger partial charge in [-0.3, -0.25) is 4.99 Å². The summed E-state index contributed by atoms with van der Waals surface area (Å²) >= 11 is 0. The average molecular weight is 303 g/mol. The SMILES string of the molecule is CN=C(NCc1ncc(C(C)(C)C)o1)NC1CCCC1C#N. The van der Waals surface area contributed by atoms with Gasteiger partial charge in [-0.15, -0.1) is 0 Å². The highest BCUT2D eigenvalue weighted by atomic mass is 16.4. The van der Waals surface area contributed by atoms with E-state index in [4.69, 9.17) is 9.68 Å². The second kappa shape index (κ2) is 6.82. The molecule has 1 aromatic rings. The fraction of sp³-hybridized carbons (Fsp3) is 0.688. The van der Waals surface area contributed by atoms with E-state index in [1.54, 1.807) is 13.2 Å². The highest BCUT2D eigenvalue weighted by molar-refractivity contribution is 5.79. The third-order valence-electron chi connectivity index (χ3n) is 3.93. The van der Waals surface area contributed by atoms with Crippen LogP contribution in [0, 0.1) is 17.2 Å². The van der Waals surface area contributed by atoms with Crippen LogP contribution in [-0.2, 0) is 12.0 Å². The Bertz CT molecular complexity index is 564. The first kappa shape index (κ1) is 16.3. The second-order valence-electron chi connectivity index (χ2n) is 6.71. The fourth-order valence-electron chi connectivity index (χ4n) is 2.56. The smallest absolute Gasteiger partial charge is 0.213 e. The Morgan fingerprint density at radius 2 is 2.27 bits per heavy atom. The normalized spacial score (nSPS) is 22.4. The Morgan fingerprint density at radius 3 is 2.86 bits per heavy atom. The Balaban J connectivity index is 1.89. The van der Waals surface area contributed by atoms with Gasteiger partial charge in [0, 0.05) is 18.5 Å². The topological polar surface area (TPSA) is 86.2 Å². The van der Waals surface area contributed by atoms with Crippen LogP contribution in [0.2, 0.25) is 0 Å². The number of guanidine groups is 1. The van der Waals surface area contributed by atoms with Gasteiger partial charge in [-0.05, 0) is 19.3 Å². The Hall–Kier alpha value is -2.03. The highest BCUT2D eigenvalue weighted by Crippen LogP contribution is 2.25. The Kier molecular flexibility index (Phi) is 5.07. The molecule has 22 heavy (non-hydrogen) atoms. The monoisotopic (exact) mass is 303 g/mol. The number of aromatic nitrogens is 1. The van der Waals surface area contributed by atoms with Crippen LogP contribution in [0.1, 0.15) is 51.7 Å². The van der Waals surface area contributed by atoms with Crippen molar-refractivity contribution in [2.24, 2.45) is 10.9 Å². The number of rotatable bonds is 3. The van der Waals surface area contributed by atoms with Gasteiger partial charge in [0.05, 0.1) is 24.7 Å². The molecule has 6 nitrogen and oxygen atoms in total. The first-order chi connectivity index (χ1) is 10.4. The molecule has 0 bridgehead atoms. The molecule has 0 aliphatic heterocycles. The maximum absolute atomic E-state index is 9.13. The summed E-state index contributed by atoms with van der Waals surface area (Å²) in [6.45, 7) is 6.74. The number of hydrogen-bond acceptors (Lipinski definition) is 4. The van der Waals surface area contributed by atoms with E-state index in [0.717, 1.165) is 25.0 Å². The van der Waals surface area contributed by atoms with E-state index >= 15 is 0 Å². The van der Waals surface area contributed by atoms with Gasteiger partial charge in [-0.1, -0.05) is 20.8 Å². The molecule has 120 valence electrons. The summed E-state index contributed by atoms with van der Waals surface area (Å²) < 4.78 is 5.75. The Labute approximate surface area is 132 Å². The molecule has 2 N–H and O–H groups in total. The number of nitrogens with zero attached hydrogens (tertiary/aromatic N) is 3. The summed E-state index contributed by atoms with van der Waals surface area (Å²) in [5, 5.41) is 15.6. The van der Waals surface area contributed by atoms with Gasteiger partial charge < -0.3 is 15.1 Å². The molecule has 2 rings (SSSR count). The first-order valence-electron chi connectivity index (χ1n) is 7.76. The largest absolute Gasteiger partial charge is 0.443 e. The van der Waals surface area contributed by atoms with Gasteiger partial charge in [-0.25, -0.2) is 4.98 Å². The molecular formula is C16H25N5O. The molecule has 0 radical (unpaired) electrons. The van der Waals surface area contributed by atoms with Crippen molar-refractivity contribution in [2.45, 2.75) is 58.0 Å². The summed E-state index contributed by atoms with van der Waals surface area (Å²) in [7, 11) is 1.72. The summed E-state index contributed by atoms with van der Waals surface area (Å²) in [6, 6.07) is 2.53. The van der Waals surface area contributed by atoms with Gasteiger partial charge in [0.25, 0.3) is 0 Å². The van der Waals surface area contributed by atoms with E-state index in [1.807, 2.05) is 0 Å². The first-order valence-corrected chi connectivity index (χ1v) is 7.76. The van der Waals surface area contributed by atoms with Crippen LogP contribution in [0.5, 0.6) is 0 Å². The minimum Gasteiger partial charge on any atom is -0.443 e. The van der Waals surface area contributed by atoms with Crippen molar-refractivity contribution in [3.63, 3.8) is 0 Å². The maximum atomic E-state index is 9.13. The van der Waals surface area contributed by atoms with E-state index in [-0.39, 0.29) is 17.4 Å². The summed E-state index contributed by atoms with van der Waals surface area (Å²) in [5.41, 5.74) is -0.0466. The van der Waals surface area contributed by atoms with Crippen molar-refractivity contribution in [3.8, 4) is 6.07 Å². The minimum absolute atomic E-state index is 0.0466.